The quantitative estimate of drug-likeness (QED) is 0.146. The first kappa shape index (κ1) is 43.9. The predicted molar refractivity (Wildman–Crippen MR) is 322 cm³/mol. The lowest BCUT2D eigenvalue weighted by Gasteiger charge is -2.33. The minimum absolute atomic E-state index is 0.122. The zero-order valence-electron chi connectivity index (χ0n) is 42.0. The van der Waals surface area contributed by atoms with Crippen LogP contribution in [0.1, 0.15) is 35.4 Å². The highest BCUT2D eigenvalue weighted by Crippen LogP contribution is 2.53. The third-order valence-electron chi connectivity index (χ3n) is 16.3. The van der Waals surface area contributed by atoms with Gasteiger partial charge in [0.2, 0.25) is 0 Å². The molecule has 15 rings (SSSR count). The largest absolute Gasteiger partial charge is 0.292 e. The van der Waals surface area contributed by atoms with Crippen LogP contribution in [0.5, 0.6) is 0 Å². The highest BCUT2D eigenvalue weighted by Gasteiger charge is 2.32. The molecule has 2 heteroatoms. The summed E-state index contributed by atoms with van der Waals surface area (Å²) in [5.74, 6) is 1.20. The molecule has 0 N–H and O–H groups in total. The van der Waals surface area contributed by atoms with Crippen LogP contribution in [-0.4, -0.2) is 9.55 Å². The third-order valence-corrected chi connectivity index (χ3v) is 16.3. The molecule has 0 aliphatic heterocycles. The van der Waals surface area contributed by atoms with Gasteiger partial charge in [-0.2, -0.15) is 0 Å². The summed E-state index contributed by atoms with van der Waals surface area (Å²) in [5, 5.41) is 12.5. The van der Waals surface area contributed by atoms with Crippen LogP contribution in [-0.2, 0) is 0 Å². The Morgan fingerprint density at radius 3 is 1.46 bits per heavy atom. The van der Waals surface area contributed by atoms with Crippen LogP contribution < -0.4 is 0 Å². The van der Waals surface area contributed by atoms with Crippen molar-refractivity contribution in [3.8, 4) is 61.6 Å². The summed E-state index contributed by atoms with van der Waals surface area (Å²) < 4.78 is 2.29. The SMILES string of the molecule is CC1c2c(c(-c3ccc4ccccc4c3)c3ccccc3c2-c2ccc3ccccc3c2)C=CC1c1cccc(-c2c3ccccc3c(-c3cccc(-c4nc5ccccc5n4-c4ccccc4)c3)c3ccccc23)c1. The lowest BCUT2D eigenvalue weighted by Crippen LogP contribution is -2.14. The van der Waals surface area contributed by atoms with Gasteiger partial charge in [-0.05, 0) is 163 Å². The highest BCUT2D eigenvalue weighted by molar-refractivity contribution is 6.21. The monoisotopic (exact) mass is 966 g/mol. The maximum absolute atomic E-state index is 5.27. The normalized spacial score (nSPS) is 14.3. The number of hydrogen-bond donors (Lipinski definition) is 0. The first-order valence-electron chi connectivity index (χ1n) is 26.6. The van der Waals surface area contributed by atoms with E-state index in [0.29, 0.717) is 0 Å². The summed E-state index contributed by atoms with van der Waals surface area (Å²) in [5.41, 5.74) is 18.2. The van der Waals surface area contributed by atoms with Gasteiger partial charge < -0.3 is 0 Å². The Morgan fingerprint density at radius 2 is 0.829 bits per heavy atom. The fourth-order valence-corrected chi connectivity index (χ4v) is 12.9. The van der Waals surface area contributed by atoms with E-state index in [-0.39, 0.29) is 11.8 Å². The maximum atomic E-state index is 5.27. The van der Waals surface area contributed by atoms with Crippen LogP contribution in [0.2, 0.25) is 0 Å². The van der Waals surface area contributed by atoms with Crippen LogP contribution >= 0.6 is 0 Å². The first-order valence-corrected chi connectivity index (χ1v) is 26.6. The second-order valence-electron chi connectivity index (χ2n) is 20.6. The van der Waals surface area contributed by atoms with Crippen molar-refractivity contribution in [3.05, 3.63) is 284 Å². The molecule has 0 fully saturated rings. The number of imidazole rings is 1. The number of rotatable bonds is 7. The van der Waals surface area contributed by atoms with Gasteiger partial charge in [0.1, 0.15) is 5.82 Å². The van der Waals surface area contributed by atoms with Gasteiger partial charge in [-0.1, -0.05) is 237 Å². The van der Waals surface area contributed by atoms with Crippen LogP contribution in [0, 0.1) is 0 Å². The van der Waals surface area contributed by atoms with E-state index in [9.17, 15) is 0 Å². The number of hydrogen-bond acceptors (Lipinski definition) is 1. The van der Waals surface area contributed by atoms with Crippen molar-refractivity contribution in [3.63, 3.8) is 0 Å². The molecule has 0 spiro atoms. The minimum Gasteiger partial charge on any atom is -0.292 e. The molecule has 1 aliphatic carbocycles. The first-order chi connectivity index (χ1) is 37.6. The Morgan fingerprint density at radius 1 is 0.355 bits per heavy atom. The van der Waals surface area contributed by atoms with Gasteiger partial charge in [-0.3, -0.25) is 4.57 Å². The molecular formula is C74H50N2. The number of para-hydroxylation sites is 3. The fraction of sp³-hybridized carbons (Fsp3) is 0.0405. The van der Waals surface area contributed by atoms with E-state index < -0.39 is 0 Å². The molecular weight excluding hydrogens is 917 g/mol. The van der Waals surface area contributed by atoms with E-state index in [1.54, 1.807) is 0 Å². The van der Waals surface area contributed by atoms with Gasteiger partial charge in [0, 0.05) is 17.2 Å². The summed E-state index contributed by atoms with van der Waals surface area (Å²) in [4.78, 5) is 5.27. The smallest absolute Gasteiger partial charge is 0.145 e. The van der Waals surface area contributed by atoms with E-state index in [1.807, 2.05) is 0 Å². The molecule has 13 aromatic carbocycles. The molecule has 0 saturated carbocycles. The summed E-state index contributed by atoms with van der Waals surface area (Å²) in [7, 11) is 0. The molecule has 2 unspecified atom stereocenters. The Labute approximate surface area is 442 Å². The van der Waals surface area contributed by atoms with E-state index >= 15 is 0 Å². The second kappa shape index (κ2) is 17.8. The van der Waals surface area contributed by atoms with Crippen molar-refractivity contribution in [2.24, 2.45) is 0 Å². The summed E-state index contributed by atoms with van der Waals surface area (Å²) in [6.45, 7) is 2.46. The van der Waals surface area contributed by atoms with E-state index in [0.717, 1.165) is 33.7 Å². The standard InChI is InChI=1S/C74H50N2/c1-47-59(41-42-66-69(47)73(56-40-38-49-20-6-8-22-51(49)44-56)65-34-14-13-33-64(65)72(66)55-39-37-48-19-5-7-21-50(48)43-55)52-23-17-24-53(45-52)70-60-29-9-11-31-62(60)71(63-32-12-10-30-61(63)70)54-25-18-26-57(46-54)74-75-67-35-15-16-36-68(67)76(74)58-27-3-2-4-28-58/h2-47,59H,1H3. The van der Waals surface area contributed by atoms with E-state index in [1.165, 1.54) is 109 Å². The van der Waals surface area contributed by atoms with Gasteiger partial charge in [0.25, 0.3) is 0 Å². The number of fused-ring (bicyclic) bond motifs is 7. The predicted octanol–water partition coefficient (Wildman–Crippen LogP) is 20.0. The number of allylic oxidation sites excluding steroid dienone is 1. The molecule has 2 nitrogen and oxygen atoms in total. The van der Waals surface area contributed by atoms with Crippen molar-refractivity contribution >= 4 is 71.0 Å². The molecule has 356 valence electrons. The Kier molecular flexibility index (Phi) is 10.3. The number of nitrogens with zero attached hydrogens (tertiary/aromatic N) is 2. The topological polar surface area (TPSA) is 17.8 Å². The van der Waals surface area contributed by atoms with Crippen molar-refractivity contribution in [1.82, 2.24) is 9.55 Å². The van der Waals surface area contributed by atoms with Crippen molar-refractivity contribution < 1.29 is 0 Å². The zero-order valence-corrected chi connectivity index (χ0v) is 42.0. The lowest BCUT2D eigenvalue weighted by molar-refractivity contribution is 0.672. The summed E-state index contributed by atoms with van der Waals surface area (Å²) >= 11 is 0. The van der Waals surface area contributed by atoms with Gasteiger partial charge in [-0.25, -0.2) is 4.98 Å². The van der Waals surface area contributed by atoms with Gasteiger partial charge in [0.05, 0.1) is 11.0 Å². The van der Waals surface area contributed by atoms with Gasteiger partial charge in [0.15, 0.2) is 0 Å². The molecule has 76 heavy (non-hydrogen) atoms. The van der Waals surface area contributed by atoms with Crippen molar-refractivity contribution in [2.75, 3.05) is 0 Å². The second-order valence-corrected chi connectivity index (χ2v) is 20.6. The summed E-state index contributed by atoms with van der Waals surface area (Å²) in [6, 6.07) is 96.1. The molecule has 0 saturated heterocycles. The zero-order chi connectivity index (χ0) is 50.3. The average Bonchev–Trinajstić information content (AvgIpc) is 3.97. The molecule has 0 radical (unpaired) electrons. The number of benzene rings is 13. The maximum Gasteiger partial charge on any atom is 0.145 e. The molecule has 1 aromatic heterocycles. The van der Waals surface area contributed by atoms with Crippen LogP contribution in [0.3, 0.4) is 0 Å². The fourth-order valence-electron chi connectivity index (χ4n) is 12.9. The molecule has 14 aromatic rings. The minimum atomic E-state index is 0.122. The highest BCUT2D eigenvalue weighted by atomic mass is 15.1. The Balaban J connectivity index is 0.894. The van der Waals surface area contributed by atoms with Crippen LogP contribution in [0.4, 0.5) is 0 Å². The molecule has 1 heterocycles. The van der Waals surface area contributed by atoms with E-state index in [4.69, 9.17) is 4.98 Å². The van der Waals surface area contributed by atoms with Gasteiger partial charge >= 0.3 is 0 Å². The molecule has 1 aliphatic rings. The lowest BCUT2D eigenvalue weighted by atomic mass is 9.70. The van der Waals surface area contributed by atoms with E-state index in [2.05, 4.69) is 284 Å². The molecule has 0 amide bonds. The summed E-state index contributed by atoms with van der Waals surface area (Å²) in [6.07, 6.45) is 4.95. The molecule has 0 bridgehead atoms. The Hall–Kier alpha value is -9.63. The Bertz CT molecular complexity index is 4610. The van der Waals surface area contributed by atoms with Gasteiger partial charge in [-0.15, -0.1) is 0 Å². The van der Waals surface area contributed by atoms with Crippen molar-refractivity contribution in [1.29, 1.82) is 0 Å². The molecule has 2 atom stereocenters. The van der Waals surface area contributed by atoms with Crippen molar-refractivity contribution in [2.45, 2.75) is 18.8 Å². The average molecular weight is 967 g/mol. The third kappa shape index (κ3) is 7.06. The van der Waals surface area contributed by atoms with Crippen LogP contribution in [0.25, 0.3) is 133 Å². The van der Waals surface area contributed by atoms with Crippen LogP contribution in [0.15, 0.2) is 267 Å². The number of aromatic nitrogens is 2.